The standard InChI is InChI=1S/C45H41N7O4/c1-55-35-24-34(25-36(26-35)56-2)48-27-29-14-18-32(19-15-29)44(53)51-39-11-6-5-10-38(39)50-40-12-7-13-41(42(40)46)52-45(54)33-20-16-30(17-21-33)28-49-43-37-9-4-3-8-31(37)22-23-47-43/h3-26,48,50H,27-28,46H2,1-2H3,(H,47,49)(H,51,53)(H,52,54). The fourth-order valence-corrected chi connectivity index (χ4v) is 6.13. The second kappa shape index (κ2) is 17.1. The molecule has 0 saturated heterocycles. The number of nitrogen functional groups attached to an aromatic ring is 1. The number of nitrogens with two attached hydrogens (primary N) is 1. The van der Waals surface area contributed by atoms with E-state index in [1.54, 1.807) is 62.9 Å². The Labute approximate surface area is 324 Å². The molecule has 0 aliphatic rings. The number of hydrogen-bond acceptors (Lipinski definition) is 9. The molecule has 11 heteroatoms. The van der Waals surface area contributed by atoms with Gasteiger partial charge in [0.05, 0.1) is 42.7 Å². The van der Waals surface area contributed by atoms with Gasteiger partial charge in [0.2, 0.25) is 0 Å². The van der Waals surface area contributed by atoms with E-state index in [9.17, 15) is 9.59 Å². The molecule has 0 atom stereocenters. The summed E-state index contributed by atoms with van der Waals surface area (Å²) >= 11 is 0. The molecule has 280 valence electrons. The molecule has 0 unspecified atom stereocenters. The van der Waals surface area contributed by atoms with Crippen LogP contribution >= 0.6 is 0 Å². The quantitative estimate of drug-likeness (QED) is 0.0599. The van der Waals surface area contributed by atoms with Crippen molar-refractivity contribution in [2.24, 2.45) is 0 Å². The van der Waals surface area contributed by atoms with Crippen LogP contribution in [0.4, 0.5) is 39.9 Å². The van der Waals surface area contributed by atoms with Gasteiger partial charge in [0.15, 0.2) is 0 Å². The Morgan fingerprint density at radius 2 is 1.14 bits per heavy atom. The fraction of sp³-hybridized carbons (Fsp3) is 0.0889. The van der Waals surface area contributed by atoms with Gasteiger partial charge in [-0.1, -0.05) is 66.7 Å². The van der Waals surface area contributed by atoms with Crippen molar-refractivity contribution < 1.29 is 19.1 Å². The second-order valence-corrected chi connectivity index (χ2v) is 12.9. The minimum absolute atomic E-state index is 0.266. The smallest absolute Gasteiger partial charge is 0.255 e. The Morgan fingerprint density at radius 3 is 1.80 bits per heavy atom. The first kappa shape index (κ1) is 36.8. The van der Waals surface area contributed by atoms with E-state index in [2.05, 4.69) is 37.6 Å². The van der Waals surface area contributed by atoms with Crippen LogP contribution in [0.25, 0.3) is 10.8 Å². The molecule has 11 nitrogen and oxygen atoms in total. The molecule has 0 spiro atoms. The number of rotatable bonds is 14. The number of benzene rings is 6. The van der Waals surface area contributed by atoms with Crippen molar-refractivity contribution >= 4 is 62.5 Å². The molecule has 2 amide bonds. The zero-order chi connectivity index (χ0) is 38.9. The van der Waals surface area contributed by atoms with Gasteiger partial charge < -0.3 is 41.8 Å². The molecule has 0 bridgehead atoms. The number of anilines is 7. The highest BCUT2D eigenvalue weighted by Crippen LogP contribution is 2.33. The summed E-state index contributed by atoms with van der Waals surface area (Å²) in [7, 11) is 3.22. The molecule has 6 aromatic carbocycles. The lowest BCUT2D eigenvalue weighted by molar-refractivity contribution is 0.101. The van der Waals surface area contributed by atoms with E-state index >= 15 is 0 Å². The largest absolute Gasteiger partial charge is 0.497 e. The molecule has 0 fully saturated rings. The van der Waals surface area contributed by atoms with Crippen LogP contribution in [0.15, 0.2) is 146 Å². The maximum absolute atomic E-state index is 13.3. The van der Waals surface area contributed by atoms with Crippen LogP contribution in [0.3, 0.4) is 0 Å². The fourth-order valence-electron chi connectivity index (χ4n) is 6.13. The van der Waals surface area contributed by atoms with Gasteiger partial charge in [0.1, 0.15) is 17.3 Å². The Bertz CT molecular complexity index is 2460. The summed E-state index contributed by atoms with van der Waals surface area (Å²) < 4.78 is 10.7. The van der Waals surface area contributed by atoms with E-state index in [1.807, 2.05) is 91.0 Å². The van der Waals surface area contributed by atoms with E-state index < -0.39 is 0 Å². The van der Waals surface area contributed by atoms with Gasteiger partial charge >= 0.3 is 0 Å². The van der Waals surface area contributed by atoms with E-state index in [-0.39, 0.29) is 11.8 Å². The van der Waals surface area contributed by atoms with Gasteiger partial charge in [0.25, 0.3) is 11.8 Å². The summed E-state index contributed by atoms with van der Waals surface area (Å²) in [6.07, 6.45) is 1.79. The number of aromatic nitrogens is 1. The number of hydrogen-bond donors (Lipinski definition) is 6. The van der Waals surface area contributed by atoms with E-state index in [0.29, 0.717) is 64.2 Å². The topological polar surface area (TPSA) is 152 Å². The average Bonchev–Trinajstić information content (AvgIpc) is 3.24. The number of nitrogens with zero attached hydrogens (tertiary/aromatic N) is 1. The van der Waals surface area contributed by atoms with Gasteiger partial charge in [-0.15, -0.1) is 0 Å². The second-order valence-electron chi connectivity index (χ2n) is 12.9. The normalized spacial score (nSPS) is 10.7. The Hall–Kier alpha value is -7.53. The van der Waals surface area contributed by atoms with Crippen molar-refractivity contribution in [3.63, 3.8) is 0 Å². The third-order valence-electron chi connectivity index (χ3n) is 9.21. The Kier molecular flexibility index (Phi) is 11.2. The molecule has 7 aromatic rings. The van der Waals surface area contributed by atoms with Crippen LogP contribution in [-0.4, -0.2) is 31.0 Å². The minimum atomic E-state index is -0.293. The summed E-state index contributed by atoms with van der Waals surface area (Å²) in [6, 6.07) is 43.1. The van der Waals surface area contributed by atoms with Crippen molar-refractivity contribution in [3.05, 3.63) is 168 Å². The summed E-state index contributed by atoms with van der Waals surface area (Å²) in [4.78, 5) is 31.1. The van der Waals surface area contributed by atoms with Crippen molar-refractivity contribution in [3.8, 4) is 11.5 Å². The minimum Gasteiger partial charge on any atom is -0.497 e. The maximum atomic E-state index is 13.3. The highest BCUT2D eigenvalue weighted by atomic mass is 16.5. The number of para-hydroxylation sites is 3. The van der Waals surface area contributed by atoms with Gasteiger partial charge in [0, 0.05) is 59.7 Å². The van der Waals surface area contributed by atoms with Crippen LogP contribution in [0.1, 0.15) is 31.8 Å². The third-order valence-corrected chi connectivity index (χ3v) is 9.21. The number of carbonyl (C=O) groups excluding carboxylic acids is 2. The van der Waals surface area contributed by atoms with Gasteiger partial charge in [-0.3, -0.25) is 9.59 Å². The van der Waals surface area contributed by atoms with E-state index in [4.69, 9.17) is 15.2 Å². The zero-order valence-corrected chi connectivity index (χ0v) is 30.9. The summed E-state index contributed by atoms with van der Waals surface area (Å²) in [5.41, 5.74) is 13.0. The third kappa shape index (κ3) is 8.80. The molecule has 7 N–H and O–H groups in total. The zero-order valence-electron chi connectivity index (χ0n) is 30.9. The molecule has 1 heterocycles. The highest BCUT2D eigenvalue weighted by molar-refractivity contribution is 6.08. The predicted octanol–water partition coefficient (Wildman–Crippen LogP) is 9.31. The summed E-state index contributed by atoms with van der Waals surface area (Å²) in [6.45, 7) is 1.10. The van der Waals surface area contributed by atoms with Crippen molar-refractivity contribution in [1.29, 1.82) is 0 Å². The van der Waals surface area contributed by atoms with Crippen LogP contribution in [0.2, 0.25) is 0 Å². The van der Waals surface area contributed by atoms with E-state index in [1.165, 1.54) is 0 Å². The van der Waals surface area contributed by atoms with Gasteiger partial charge in [-0.2, -0.15) is 0 Å². The van der Waals surface area contributed by atoms with Crippen molar-refractivity contribution in [1.82, 2.24) is 4.98 Å². The van der Waals surface area contributed by atoms with Crippen molar-refractivity contribution in [2.75, 3.05) is 46.5 Å². The average molecular weight is 744 g/mol. The summed E-state index contributed by atoms with van der Waals surface area (Å²) in [5, 5.41) is 18.2. The molecule has 0 aliphatic heterocycles. The SMILES string of the molecule is COc1cc(NCc2ccc(C(=O)Nc3ccccc3Nc3cccc(NC(=O)c4ccc(CNc5nccc6ccccc56)cc4)c3N)cc2)cc(OC)c1. The van der Waals surface area contributed by atoms with E-state index in [0.717, 1.165) is 33.4 Å². The Balaban J connectivity index is 0.957. The molecule has 0 saturated carbocycles. The van der Waals surface area contributed by atoms with Crippen LogP contribution < -0.4 is 41.8 Å². The first-order valence-corrected chi connectivity index (χ1v) is 18.0. The molecule has 7 rings (SSSR count). The number of fused-ring (bicyclic) bond motifs is 1. The van der Waals surface area contributed by atoms with Crippen LogP contribution in [0, 0.1) is 0 Å². The number of amides is 2. The number of ether oxygens (including phenoxy) is 2. The highest BCUT2D eigenvalue weighted by Gasteiger charge is 2.14. The number of carbonyl (C=O) groups is 2. The monoisotopic (exact) mass is 743 g/mol. The lowest BCUT2D eigenvalue weighted by atomic mass is 10.1. The van der Waals surface area contributed by atoms with Crippen molar-refractivity contribution in [2.45, 2.75) is 13.1 Å². The first-order valence-electron chi connectivity index (χ1n) is 18.0. The van der Waals surface area contributed by atoms with Gasteiger partial charge in [-0.25, -0.2) is 4.98 Å². The molecule has 0 radical (unpaired) electrons. The number of pyridine rings is 1. The lowest BCUT2D eigenvalue weighted by Gasteiger charge is -2.17. The summed E-state index contributed by atoms with van der Waals surface area (Å²) in [5.74, 6) is 1.63. The van der Waals surface area contributed by atoms with Gasteiger partial charge in [-0.05, 0) is 71.1 Å². The first-order chi connectivity index (χ1) is 27.4. The molecular weight excluding hydrogens is 703 g/mol. The molecule has 1 aromatic heterocycles. The van der Waals surface area contributed by atoms with Crippen LogP contribution in [0.5, 0.6) is 11.5 Å². The Morgan fingerprint density at radius 1 is 0.589 bits per heavy atom. The molecular formula is C45H41N7O4. The molecule has 56 heavy (non-hydrogen) atoms. The lowest BCUT2D eigenvalue weighted by Crippen LogP contribution is -2.15. The number of nitrogens with one attached hydrogen (secondary N) is 5. The van der Waals surface area contributed by atoms with Crippen LogP contribution in [-0.2, 0) is 13.1 Å². The number of methoxy groups -OCH3 is 2. The molecule has 0 aliphatic carbocycles. The maximum Gasteiger partial charge on any atom is 0.255 e. The predicted molar refractivity (Wildman–Crippen MR) is 225 cm³/mol.